The summed E-state index contributed by atoms with van der Waals surface area (Å²) >= 11 is 6.11. The van der Waals surface area contributed by atoms with Crippen molar-refractivity contribution in [2.45, 2.75) is 46.4 Å². The molecule has 0 unspecified atom stereocenters. The van der Waals surface area contributed by atoms with E-state index in [1.165, 1.54) is 23.3 Å². The number of aryl methyl sites for hydroxylation is 5. The van der Waals surface area contributed by atoms with Crippen LogP contribution in [0.4, 0.5) is 5.69 Å². The molecular formula is C31H33ClN4O3S. The molecule has 0 saturated heterocycles. The molecule has 1 heterocycles. The van der Waals surface area contributed by atoms with Gasteiger partial charge in [-0.05, 0) is 107 Å². The molecule has 4 aromatic rings. The molecule has 9 heteroatoms. The summed E-state index contributed by atoms with van der Waals surface area (Å²) in [7, 11) is -4.05. The molecule has 0 fully saturated rings. The normalized spacial score (nSPS) is 11.7. The summed E-state index contributed by atoms with van der Waals surface area (Å²) in [6.07, 6.45) is 1.58. The van der Waals surface area contributed by atoms with Gasteiger partial charge in [0.1, 0.15) is 6.54 Å². The van der Waals surface area contributed by atoms with Gasteiger partial charge in [-0.3, -0.25) is 9.10 Å². The van der Waals surface area contributed by atoms with Gasteiger partial charge < -0.3 is 4.57 Å². The number of amides is 1. The molecule has 1 N–H and O–H groups in total. The minimum Gasteiger partial charge on any atom is -0.318 e. The molecular weight excluding hydrogens is 544 g/mol. The van der Waals surface area contributed by atoms with Gasteiger partial charge in [-0.1, -0.05) is 35.4 Å². The van der Waals surface area contributed by atoms with E-state index in [1.54, 1.807) is 43.5 Å². The third kappa shape index (κ3) is 6.29. The van der Waals surface area contributed by atoms with Gasteiger partial charge in [-0.15, -0.1) is 0 Å². The minimum atomic E-state index is -4.05. The van der Waals surface area contributed by atoms with E-state index >= 15 is 0 Å². The van der Waals surface area contributed by atoms with E-state index < -0.39 is 22.5 Å². The second kappa shape index (κ2) is 11.7. The van der Waals surface area contributed by atoms with Crippen LogP contribution in [0.3, 0.4) is 0 Å². The molecule has 0 radical (unpaired) electrons. The molecule has 4 rings (SSSR count). The van der Waals surface area contributed by atoms with E-state index in [-0.39, 0.29) is 4.90 Å². The molecule has 1 aromatic heterocycles. The van der Waals surface area contributed by atoms with Gasteiger partial charge in [0.05, 0.1) is 16.8 Å². The number of anilines is 1. The summed E-state index contributed by atoms with van der Waals surface area (Å²) in [4.78, 5) is 13.1. The molecule has 0 aliphatic rings. The maximum atomic E-state index is 13.7. The van der Waals surface area contributed by atoms with Crippen LogP contribution in [-0.4, -0.2) is 31.7 Å². The highest BCUT2D eigenvalue weighted by molar-refractivity contribution is 7.92. The van der Waals surface area contributed by atoms with Crippen molar-refractivity contribution in [3.63, 3.8) is 0 Å². The maximum Gasteiger partial charge on any atom is 0.264 e. The fraction of sp³-hybridized carbons (Fsp3) is 0.226. The van der Waals surface area contributed by atoms with E-state index in [0.29, 0.717) is 16.3 Å². The summed E-state index contributed by atoms with van der Waals surface area (Å²) < 4.78 is 30.5. The van der Waals surface area contributed by atoms with Crippen molar-refractivity contribution in [3.8, 4) is 5.69 Å². The highest BCUT2D eigenvalue weighted by Crippen LogP contribution is 2.29. The Hall–Kier alpha value is -3.88. The Balaban J connectivity index is 1.58. The molecule has 0 saturated carbocycles. The number of carbonyl (C=O) groups excluding carboxylic acids is 1. The van der Waals surface area contributed by atoms with Gasteiger partial charge in [0.2, 0.25) is 0 Å². The molecule has 0 atom stereocenters. The SMILES string of the molecule is Cc1ccc(S(=O)(=O)N(CC(=O)N/N=C\c2cc(C)n(-c3cc(C)cc(C)c3)c2C)c2ccc(Cl)cc2C)cc1. The molecule has 0 bridgehead atoms. The zero-order chi connectivity index (χ0) is 29.2. The van der Waals surface area contributed by atoms with E-state index in [9.17, 15) is 13.2 Å². The highest BCUT2D eigenvalue weighted by atomic mass is 35.5. The van der Waals surface area contributed by atoms with Gasteiger partial charge >= 0.3 is 0 Å². The number of nitrogens with zero attached hydrogens (tertiary/aromatic N) is 3. The smallest absolute Gasteiger partial charge is 0.264 e. The van der Waals surface area contributed by atoms with Crippen molar-refractivity contribution in [1.29, 1.82) is 0 Å². The lowest BCUT2D eigenvalue weighted by Crippen LogP contribution is -2.40. The van der Waals surface area contributed by atoms with Crippen molar-refractivity contribution in [2.24, 2.45) is 5.10 Å². The van der Waals surface area contributed by atoms with Crippen LogP contribution in [-0.2, 0) is 14.8 Å². The Kier molecular flexibility index (Phi) is 8.51. The van der Waals surface area contributed by atoms with Gasteiger partial charge in [-0.2, -0.15) is 5.10 Å². The number of aromatic nitrogens is 1. The van der Waals surface area contributed by atoms with Crippen LogP contribution in [0.15, 0.2) is 76.7 Å². The van der Waals surface area contributed by atoms with Crippen LogP contribution in [0.2, 0.25) is 5.02 Å². The Morgan fingerprint density at radius 3 is 2.17 bits per heavy atom. The quantitative estimate of drug-likeness (QED) is 0.197. The summed E-state index contributed by atoms with van der Waals surface area (Å²) in [5, 5.41) is 4.63. The average Bonchev–Trinajstić information content (AvgIpc) is 3.15. The number of nitrogens with one attached hydrogen (secondary N) is 1. The van der Waals surface area contributed by atoms with E-state index in [1.807, 2.05) is 26.8 Å². The summed E-state index contributed by atoms with van der Waals surface area (Å²) in [5.74, 6) is -0.579. The number of hydrazone groups is 1. The molecule has 7 nitrogen and oxygen atoms in total. The number of halogens is 1. The molecule has 208 valence electrons. The predicted octanol–water partition coefficient (Wildman–Crippen LogP) is 6.33. The van der Waals surface area contributed by atoms with Crippen molar-refractivity contribution < 1.29 is 13.2 Å². The number of sulfonamides is 1. The van der Waals surface area contributed by atoms with Gasteiger partial charge in [0.15, 0.2) is 0 Å². The molecule has 0 aliphatic carbocycles. The minimum absolute atomic E-state index is 0.0857. The van der Waals surface area contributed by atoms with Gasteiger partial charge in [0, 0.05) is 27.7 Å². The van der Waals surface area contributed by atoms with E-state index in [2.05, 4.69) is 47.1 Å². The monoisotopic (exact) mass is 576 g/mol. The van der Waals surface area contributed by atoms with Gasteiger partial charge in [-0.25, -0.2) is 13.8 Å². The molecule has 0 aliphatic heterocycles. The van der Waals surface area contributed by atoms with E-state index in [0.717, 1.165) is 32.5 Å². The van der Waals surface area contributed by atoms with Crippen LogP contribution in [0.25, 0.3) is 5.69 Å². The Bertz CT molecular complexity index is 1690. The topological polar surface area (TPSA) is 83.8 Å². The number of hydrogen-bond donors (Lipinski definition) is 1. The lowest BCUT2D eigenvalue weighted by molar-refractivity contribution is -0.119. The van der Waals surface area contributed by atoms with Crippen LogP contribution >= 0.6 is 11.6 Å². The van der Waals surface area contributed by atoms with Gasteiger partial charge in [0.25, 0.3) is 15.9 Å². The third-order valence-electron chi connectivity index (χ3n) is 6.65. The standard InChI is InChI=1S/C31H33ClN4O3S/c1-20-7-10-29(11-8-20)40(38,39)35(30-12-9-27(32)16-23(30)4)19-31(37)34-33-18-26-17-24(5)36(25(26)6)28-14-21(2)13-22(3)15-28/h7-18H,19H2,1-6H3,(H,34,37)/b33-18-. The number of hydrogen-bond acceptors (Lipinski definition) is 4. The summed E-state index contributed by atoms with van der Waals surface area (Å²) in [5.41, 5.74) is 10.7. The lowest BCUT2D eigenvalue weighted by atomic mass is 10.1. The second-order valence-electron chi connectivity index (χ2n) is 10.1. The zero-order valence-electron chi connectivity index (χ0n) is 23.5. The highest BCUT2D eigenvalue weighted by Gasteiger charge is 2.28. The van der Waals surface area contributed by atoms with Crippen LogP contribution in [0.1, 0.15) is 39.2 Å². The van der Waals surface area contributed by atoms with Crippen LogP contribution in [0.5, 0.6) is 0 Å². The molecule has 1 amide bonds. The number of carbonyl (C=O) groups is 1. The summed E-state index contributed by atoms with van der Waals surface area (Å²) in [6.45, 7) is 11.3. The predicted molar refractivity (Wildman–Crippen MR) is 162 cm³/mol. The van der Waals surface area contributed by atoms with Crippen molar-refractivity contribution >= 4 is 39.4 Å². The van der Waals surface area contributed by atoms with Crippen molar-refractivity contribution in [1.82, 2.24) is 9.99 Å². The maximum absolute atomic E-state index is 13.7. The Morgan fingerprint density at radius 2 is 1.55 bits per heavy atom. The first-order chi connectivity index (χ1) is 18.9. The molecule has 3 aromatic carbocycles. The van der Waals surface area contributed by atoms with Crippen molar-refractivity contribution in [3.05, 3.63) is 111 Å². The fourth-order valence-corrected chi connectivity index (χ4v) is 6.48. The van der Waals surface area contributed by atoms with Crippen molar-refractivity contribution in [2.75, 3.05) is 10.8 Å². The first-order valence-corrected chi connectivity index (χ1v) is 14.6. The first-order valence-electron chi connectivity index (χ1n) is 12.8. The lowest BCUT2D eigenvalue weighted by Gasteiger charge is -2.25. The zero-order valence-corrected chi connectivity index (χ0v) is 25.1. The fourth-order valence-electron chi connectivity index (χ4n) is 4.77. The van der Waals surface area contributed by atoms with Crippen LogP contribution < -0.4 is 9.73 Å². The third-order valence-corrected chi connectivity index (χ3v) is 8.66. The number of rotatable bonds is 8. The largest absolute Gasteiger partial charge is 0.318 e. The Morgan fingerprint density at radius 1 is 0.900 bits per heavy atom. The second-order valence-corrected chi connectivity index (χ2v) is 12.4. The average molecular weight is 577 g/mol. The first kappa shape index (κ1) is 29.1. The molecule has 0 spiro atoms. The summed E-state index contributed by atoms with van der Waals surface area (Å²) in [6, 6.07) is 19.7. The molecule has 40 heavy (non-hydrogen) atoms. The Labute approximate surface area is 241 Å². The van der Waals surface area contributed by atoms with Crippen LogP contribution in [0, 0.1) is 41.5 Å². The number of benzene rings is 3. The van der Waals surface area contributed by atoms with E-state index in [4.69, 9.17) is 11.6 Å².